The number of carbonyl (C=O) groups is 1. The number of halogens is 1. The summed E-state index contributed by atoms with van der Waals surface area (Å²) in [7, 11) is -3.00. The molecular weight excluding hydrogens is 382 g/mol. The first-order chi connectivity index (χ1) is 10.9. The first kappa shape index (κ1) is 16.3. The Morgan fingerprint density at radius 2 is 2.04 bits per heavy atom. The summed E-state index contributed by atoms with van der Waals surface area (Å²) >= 11 is 3.50. The van der Waals surface area contributed by atoms with E-state index < -0.39 is 9.84 Å². The number of benzene rings is 2. The van der Waals surface area contributed by atoms with E-state index in [2.05, 4.69) is 21.2 Å². The van der Waals surface area contributed by atoms with Crippen molar-refractivity contribution in [3.05, 3.63) is 40.9 Å². The van der Waals surface area contributed by atoms with E-state index in [0.29, 0.717) is 12.2 Å². The van der Waals surface area contributed by atoms with Gasteiger partial charge in [-0.15, -0.1) is 0 Å². The normalized spacial score (nSPS) is 19.6. The fraction of sp³-hybridized carbons (Fsp3) is 0.312. The third-order valence-corrected chi connectivity index (χ3v) is 6.37. The van der Waals surface area contributed by atoms with Gasteiger partial charge in [0.1, 0.15) is 5.75 Å². The van der Waals surface area contributed by atoms with Crippen molar-refractivity contribution in [2.24, 2.45) is 0 Å². The van der Waals surface area contributed by atoms with Crippen LogP contribution in [-0.4, -0.2) is 38.5 Å². The van der Waals surface area contributed by atoms with Gasteiger partial charge in [-0.25, -0.2) is 8.42 Å². The Kier molecular flexibility index (Phi) is 4.59. The van der Waals surface area contributed by atoms with E-state index in [4.69, 9.17) is 4.74 Å². The van der Waals surface area contributed by atoms with E-state index in [9.17, 15) is 13.2 Å². The van der Waals surface area contributed by atoms with Crippen LogP contribution < -0.4 is 10.1 Å². The van der Waals surface area contributed by atoms with Crippen molar-refractivity contribution in [1.82, 2.24) is 5.32 Å². The lowest BCUT2D eigenvalue weighted by Crippen LogP contribution is -2.38. The molecule has 2 aromatic rings. The van der Waals surface area contributed by atoms with Gasteiger partial charge in [0.25, 0.3) is 5.91 Å². The van der Waals surface area contributed by atoms with Gasteiger partial charge in [0.2, 0.25) is 0 Å². The maximum Gasteiger partial charge on any atom is 0.258 e. The van der Waals surface area contributed by atoms with Crippen LogP contribution in [0.5, 0.6) is 5.75 Å². The highest BCUT2D eigenvalue weighted by Gasteiger charge is 2.28. The van der Waals surface area contributed by atoms with Crippen molar-refractivity contribution in [2.45, 2.75) is 12.5 Å². The maximum atomic E-state index is 11.9. The Hall–Kier alpha value is -1.60. The zero-order valence-corrected chi connectivity index (χ0v) is 14.7. The maximum absolute atomic E-state index is 11.9. The topological polar surface area (TPSA) is 72.5 Å². The molecule has 0 saturated carbocycles. The summed E-state index contributed by atoms with van der Waals surface area (Å²) in [6.45, 7) is -0.145. The molecule has 1 N–H and O–H groups in total. The second kappa shape index (κ2) is 6.49. The Morgan fingerprint density at radius 1 is 1.26 bits per heavy atom. The number of nitrogens with one attached hydrogen (secondary N) is 1. The number of rotatable bonds is 4. The molecule has 1 heterocycles. The molecular formula is C16H16BrNO4S. The first-order valence-corrected chi connectivity index (χ1v) is 9.86. The fourth-order valence-corrected chi connectivity index (χ4v) is 4.93. The molecule has 23 heavy (non-hydrogen) atoms. The van der Waals surface area contributed by atoms with E-state index in [0.717, 1.165) is 15.2 Å². The van der Waals surface area contributed by atoms with Gasteiger partial charge in [-0.1, -0.05) is 30.3 Å². The van der Waals surface area contributed by atoms with Crippen molar-refractivity contribution < 1.29 is 17.9 Å². The molecule has 0 radical (unpaired) electrons. The molecule has 0 aromatic heterocycles. The highest BCUT2D eigenvalue weighted by atomic mass is 79.9. The van der Waals surface area contributed by atoms with Crippen LogP contribution in [0.25, 0.3) is 10.8 Å². The number of amides is 1. The summed E-state index contributed by atoms with van der Waals surface area (Å²) in [5.74, 6) is 0.415. The number of sulfone groups is 1. The summed E-state index contributed by atoms with van der Waals surface area (Å²) < 4.78 is 29.1. The van der Waals surface area contributed by atoms with E-state index >= 15 is 0 Å². The van der Waals surface area contributed by atoms with E-state index in [1.165, 1.54) is 0 Å². The van der Waals surface area contributed by atoms with Crippen molar-refractivity contribution >= 4 is 42.4 Å². The summed E-state index contributed by atoms with van der Waals surface area (Å²) in [4.78, 5) is 11.9. The van der Waals surface area contributed by atoms with Gasteiger partial charge in [-0.3, -0.25) is 4.79 Å². The number of hydrogen-bond acceptors (Lipinski definition) is 4. The average molecular weight is 398 g/mol. The highest BCUT2D eigenvalue weighted by molar-refractivity contribution is 9.10. The average Bonchev–Trinajstić information content (AvgIpc) is 2.85. The first-order valence-electron chi connectivity index (χ1n) is 7.24. The van der Waals surface area contributed by atoms with Crippen LogP contribution in [0, 0.1) is 0 Å². The standard InChI is InChI=1S/C16H16BrNO4S/c17-16-13-4-2-1-3-11(13)5-6-14(16)22-9-15(19)18-12-7-8-23(20,21)10-12/h1-6,12H,7-10H2,(H,18,19). The minimum absolute atomic E-state index is 0.0123. The number of fused-ring (bicyclic) bond motifs is 1. The fourth-order valence-electron chi connectivity index (χ4n) is 2.65. The van der Waals surface area contributed by atoms with E-state index in [1.807, 2.05) is 30.3 Å². The second-order valence-corrected chi connectivity index (χ2v) is 8.58. The van der Waals surface area contributed by atoms with Gasteiger partial charge in [0.05, 0.1) is 16.0 Å². The summed E-state index contributed by atoms with van der Waals surface area (Å²) in [6, 6.07) is 11.3. The lowest BCUT2D eigenvalue weighted by molar-refractivity contribution is -0.123. The molecule has 5 nitrogen and oxygen atoms in total. The minimum atomic E-state index is -3.00. The van der Waals surface area contributed by atoms with Gasteiger partial charge in [-0.2, -0.15) is 0 Å². The summed E-state index contributed by atoms with van der Waals surface area (Å²) in [5, 5.41) is 4.79. The van der Waals surface area contributed by atoms with Gasteiger partial charge >= 0.3 is 0 Å². The van der Waals surface area contributed by atoms with Crippen molar-refractivity contribution in [3.8, 4) is 5.75 Å². The van der Waals surface area contributed by atoms with Crippen molar-refractivity contribution in [2.75, 3.05) is 18.1 Å². The molecule has 1 amide bonds. The number of carbonyl (C=O) groups excluding carboxylic acids is 1. The molecule has 122 valence electrons. The van der Waals surface area contributed by atoms with Gasteiger partial charge < -0.3 is 10.1 Å². The van der Waals surface area contributed by atoms with Gasteiger partial charge in [0.15, 0.2) is 16.4 Å². The third kappa shape index (κ3) is 3.84. The van der Waals surface area contributed by atoms with E-state index in [1.54, 1.807) is 6.07 Å². The minimum Gasteiger partial charge on any atom is -0.483 e. The SMILES string of the molecule is O=C(COc1ccc2ccccc2c1Br)NC1CCS(=O)(=O)C1. The molecule has 1 atom stereocenters. The molecule has 0 aliphatic carbocycles. The monoisotopic (exact) mass is 397 g/mol. The largest absolute Gasteiger partial charge is 0.483 e. The number of hydrogen-bond donors (Lipinski definition) is 1. The van der Waals surface area contributed by atoms with Gasteiger partial charge in [-0.05, 0) is 39.2 Å². The van der Waals surface area contributed by atoms with Crippen LogP contribution in [0.3, 0.4) is 0 Å². The number of ether oxygens (including phenoxy) is 1. The molecule has 7 heteroatoms. The lowest BCUT2D eigenvalue weighted by Gasteiger charge is -2.13. The smallest absolute Gasteiger partial charge is 0.258 e. The highest BCUT2D eigenvalue weighted by Crippen LogP contribution is 2.32. The Morgan fingerprint density at radius 3 is 2.78 bits per heavy atom. The predicted molar refractivity (Wildman–Crippen MR) is 92.3 cm³/mol. The molecule has 0 bridgehead atoms. The van der Waals surface area contributed by atoms with Gasteiger partial charge in [0, 0.05) is 6.04 Å². The summed E-state index contributed by atoms with van der Waals surface area (Å²) in [5.41, 5.74) is 0. The zero-order valence-electron chi connectivity index (χ0n) is 12.3. The lowest BCUT2D eigenvalue weighted by atomic mass is 10.1. The third-order valence-electron chi connectivity index (χ3n) is 3.78. The summed E-state index contributed by atoms with van der Waals surface area (Å²) in [6.07, 6.45) is 0.466. The molecule has 1 unspecified atom stereocenters. The van der Waals surface area contributed by atoms with Crippen LogP contribution in [0.4, 0.5) is 0 Å². The van der Waals surface area contributed by atoms with E-state index in [-0.39, 0.29) is 30.1 Å². The Labute approximate surface area is 143 Å². The second-order valence-electron chi connectivity index (χ2n) is 5.55. The van der Waals surface area contributed by atoms with Crippen LogP contribution in [-0.2, 0) is 14.6 Å². The molecule has 3 rings (SSSR count). The molecule has 2 aromatic carbocycles. The Balaban J connectivity index is 1.62. The zero-order chi connectivity index (χ0) is 16.4. The molecule has 1 aliphatic heterocycles. The van der Waals surface area contributed by atoms with Crippen LogP contribution in [0.2, 0.25) is 0 Å². The molecule has 1 aliphatic rings. The molecule has 1 saturated heterocycles. The molecule has 1 fully saturated rings. The quantitative estimate of drug-likeness (QED) is 0.858. The van der Waals surface area contributed by atoms with Crippen LogP contribution >= 0.6 is 15.9 Å². The van der Waals surface area contributed by atoms with Crippen molar-refractivity contribution in [1.29, 1.82) is 0 Å². The molecule has 0 spiro atoms. The van der Waals surface area contributed by atoms with Crippen LogP contribution in [0.15, 0.2) is 40.9 Å². The van der Waals surface area contributed by atoms with Crippen molar-refractivity contribution in [3.63, 3.8) is 0 Å². The van der Waals surface area contributed by atoms with Crippen LogP contribution in [0.1, 0.15) is 6.42 Å². The predicted octanol–water partition coefficient (Wildman–Crippen LogP) is 2.28. The Bertz CT molecular complexity index is 850.